The van der Waals surface area contributed by atoms with E-state index in [2.05, 4.69) is 22.2 Å². The second kappa shape index (κ2) is 4.84. The molecule has 78 valence electrons. The average Bonchev–Trinajstić information content (AvgIpc) is 2.92. The molecule has 0 bridgehead atoms. The van der Waals surface area contributed by atoms with Gasteiger partial charge in [-0.25, -0.2) is 4.98 Å². The number of H-pyrrole nitrogens is 1. The van der Waals surface area contributed by atoms with Crippen LogP contribution in [0.3, 0.4) is 0 Å². The molecule has 3 nitrogen and oxygen atoms in total. The molecule has 14 heavy (non-hydrogen) atoms. The van der Waals surface area contributed by atoms with Gasteiger partial charge in [-0.1, -0.05) is 11.8 Å². The van der Waals surface area contributed by atoms with Gasteiger partial charge in [0.05, 0.1) is 0 Å². The zero-order chi connectivity index (χ0) is 9.80. The van der Waals surface area contributed by atoms with Gasteiger partial charge in [-0.3, -0.25) is 0 Å². The monoisotopic (exact) mass is 211 g/mol. The van der Waals surface area contributed by atoms with Crippen molar-refractivity contribution in [1.29, 1.82) is 0 Å². The van der Waals surface area contributed by atoms with Gasteiger partial charge in [-0.05, 0) is 25.7 Å². The van der Waals surface area contributed by atoms with Gasteiger partial charge in [-0.15, -0.1) is 0 Å². The maximum Gasteiger partial charge on any atom is 0.165 e. The third kappa shape index (κ3) is 3.03. The normalized spacial score (nSPS) is 18.4. The van der Waals surface area contributed by atoms with Crippen molar-refractivity contribution in [3.63, 3.8) is 0 Å². The molecule has 2 N–H and O–H groups in total. The van der Waals surface area contributed by atoms with Crippen molar-refractivity contribution < 1.29 is 0 Å². The van der Waals surface area contributed by atoms with E-state index < -0.39 is 0 Å². The summed E-state index contributed by atoms with van der Waals surface area (Å²) in [6.07, 6.45) is 6.49. The van der Waals surface area contributed by atoms with E-state index in [1.165, 1.54) is 12.8 Å². The molecule has 1 aliphatic carbocycles. The van der Waals surface area contributed by atoms with Crippen molar-refractivity contribution in [3.8, 4) is 0 Å². The zero-order valence-electron chi connectivity index (χ0n) is 8.49. The molecule has 0 aromatic carbocycles. The molecule has 1 atom stereocenters. The molecule has 1 fully saturated rings. The molecule has 1 saturated carbocycles. The van der Waals surface area contributed by atoms with Crippen LogP contribution in [0.15, 0.2) is 17.6 Å². The fourth-order valence-electron chi connectivity index (χ4n) is 1.53. The molecule has 0 aliphatic heterocycles. The van der Waals surface area contributed by atoms with Crippen LogP contribution in [0.5, 0.6) is 0 Å². The molecule has 0 radical (unpaired) electrons. The van der Waals surface area contributed by atoms with E-state index in [1.54, 1.807) is 18.0 Å². The van der Waals surface area contributed by atoms with Crippen LogP contribution >= 0.6 is 11.8 Å². The van der Waals surface area contributed by atoms with E-state index in [1.807, 2.05) is 6.20 Å². The lowest BCUT2D eigenvalue weighted by atomic mass is 10.2. The SMILES string of the molecule is CC(NCCSc1ncc[nH]1)C1CC1. The van der Waals surface area contributed by atoms with Gasteiger partial charge < -0.3 is 10.3 Å². The van der Waals surface area contributed by atoms with Crippen molar-refractivity contribution in [2.24, 2.45) is 5.92 Å². The van der Waals surface area contributed by atoms with Crippen LogP contribution in [0, 0.1) is 5.92 Å². The summed E-state index contributed by atoms with van der Waals surface area (Å²) >= 11 is 1.77. The minimum Gasteiger partial charge on any atom is -0.340 e. The Morgan fingerprint density at radius 1 is 1.71 bits per heavy atom. The molecule has 0 amide bonds. The fourth-order valence-corrected chi connectivity index (χ4v) is 2.23. The zero-order valence-corrected chi connectivity index (χ0v) is 9.31. The molecule has 1 unspecified atom stereocenters. The standard InChI is InChI=1S/C10H17N3S/c1-8(9-2-3-9)11-6-7-14-10-12-4-5-13-10/h4-5,8-9,11H,2-3,6-7H2,1H3,(H,12,13). The highest BCUT2D eigenvalue weighted by molar-refractivity contribution is 7.99. The topological polar surface area (TPSA) is 40.7 Å². The van der Waals surface area contributed by atoms with Gasteiger partial charge in [0.15, 0.2) is 5.16 Å². The van der Waals surface area contributed by atoms with Crippen molar-refractivity contribution in [2.45, 2.75) is 31.0 Å². The van der Waals surface area contributed by atoms with Gasteiger partial charge in [-0.2, -0.15) is 0 Å². The Morgan fingerprint density at radius 3 is 3.21 bits per heavy atom. The van der Waals surface area contributed by atoms with Crippen LogP contribution in [-0.2, 0) is 0 Å². The summed E-state index contributed by atoms with van der Waals surface area (Å²) in [5.41, 5.74) is 0. The van der Waals surface area contributed by atoms with Crippen molar-refractivity contribution in [3.05, 3.63) is 12.4 Å². The number of imidazole rings is 1. The molecule has 1 aromatic heterocycles. The molecule has 1 aliphatic rings. The van der Waals surface area contributed by atoms with Crippen LogP contribution in [0.4, 0.5) is 0 Å². The molecule has 1 heterocycles. The van der Waals surface area contributed by atoms with Gasteiger partial charge in [0.25, 0.3) is 0 Å². The summed E-state index contributed by atoms with van der Waals surface area (Å²) in [5, 5.41) is 4.56. The minimum atomic E-state index is 0.701. The van der Waals surface area contributed by atoms with E-state index in [0.29, 0.717) is 6.04 Å². The Kier molecular flexibility index (Phi) is 3.48. The fraction of sp³-hybridized carbons (Fsp3) is 0.700. The molecular formula is C10H17N3S. The van der Waals surface area contributed by atoms with E-state index in [4.69, 9.17) is 0 Å². The maximum atomic E-state index is 4.16. The van der Waals surface area contributed by atoms with Crippen LogP contribution in [0.1, 0.15) is 19.8 Å². The summed E-state index contributed by atoms with van der Waals surface area (Å²) < 4.78 is 0. The quantitative estimate of drug-likeness (QED) is 0.557. The number of nitrogens with zero attached hydrogens (tertiary/aromatic N) is 1. The summed E-state index contributed by atoms with van der Waals surface area (Å²) in [5.74, 6) is 2.04. The van der Waals surface area contributed by atoms with Crippen molar-refractivity contribution >= 4 is 11.8 Å². The lowest BCUT2D eigenvalue weighted by Gasteiger charge is -2.11. The highest BCUT2D eigenvalue weighted by atomic mass is 32.2. The predicted octanol–water partition coefficient (Wildman–Crippen LogP) is 1.89. The molecule has 2 rings (SSSR count). The van der Waals surface area contributed by atoms with Gasteiger partial charge in [0, 0.05) is 30.7 Å². The van der Waals surface area contributed by atoms with Crippen LogP contribution in [-0.4, -0.2) is 28.3 Å². The van der Waals surface area contributed by atoms with E-state index in [0.717, 1.165) is 23.4 Å². The highest BCUT2D eigenvalue weighted by Gasteiger charge is 2.27. The lowest BCUT2D eigenvalue weighted by molar-refractivity contribution is 0.514. The minimum absolute atomic E-state index is 0.701. The maximum absolute atomic E-state index is 4.16. The third-order valence-corrected chi connectivity index (χ3v) is 3.51. The first-order valence-electron chi connectivity index (χ1n) is 5.22. The average molecular weight is 211 g/mol. The Labute approximate surface area is 89.1 Å². The molecule has 4 heteroatoms. The Balaban J connectivity index is 1.54. The largest absolute Gasteiger partial charge is 0.340 e. The number of aromatic amines is 1. The van der Waals surface area contributed by atoms with E-state index in [9.17, 15) is 0 Å². The van der Waals surface area contributed by atoms with Crippen molar-refractivity contribution in [2.75, 3.05) is 12.3 Å². The van der Waals surface area contributed by atoms with Gasteiger partial charge in [0.1, 0.15) is 0 Å². The Hall–Kier alpha value is -0.480. The van der Waals surface area contributed by atoms with Gasteiger partial charge in [0.2, 0.25) is 0 Å². The smallest absolute Gasteiger partial charge is 0.165 e. The van der Waals surface area contributed by atoms with Crippen LogP contribution in [0.25, 0.3) is 0 Å². The van der Waals surface area contributed by atoms with E-state index >= 15 is 0 Å². The number of hydrogen-bond donors (Lipinski definition) is 2. The highest BCUT2D eigenvalue weighted by Crippen LogP contribution is 2.32. The summed E-state index contributed by atoms with van der Waals surface area (Å²) in [7, 11) is 0. The van der Waals surface area contributed by atoms with E-state index in [-0.39, 0.29) is 0 Å². The number of hydrogen-bond acceptors (Lipinski definition) is 3. The van der Waals surface area contributed by atoms with Crippen molar-refractivity contribution in [1.82, 2.24) is 15.3 Å². The Bertz CT molecular complexity index is 256. The first kappa shape index (κ1) is 10.1. The molecule has 0 spiro atoms. The summed E-state index contributed by atoms with van der Waals surface area (Å²) in [4.78, 5) is 7.24. The third-order valence-electron chi connectivity index (χ3n) is 2.61. The lowest BCUT2D eigenvalue weighted by Crippen LogP contribution is -2.29. The van der Waals surface area contributed by atoms with Gasteiger partial charge >= 0.3 is 0 Å². The second-order valence-electron chi connectivity index (χ2n) is 3.82. The number of nitrogens with one attached hydrogen (secondary N) is 2. The Morgan fingerprint density at radius 2 is 2.57 bits per heavy atom. The summed E-state index contributed by atoms with van der Waals surface area (Å²) in [6.45, 7) is 3.36. The first-order valence-corrected chi connectivity index (χ1v) is 6.20. The first-order chi connectivity index (χ1) is 6.86. The number of aromatic nitrogens is 2. The molecule has 1 aromatic rings. The second-order valence-corrected chi connectivity index (χ2v) is 4.91. The molecular weight excluding hydrogens is 194 g/mol. The number of rotatable bonds is 6. The molecule has 0 saturated heterocycles. The van der Waals surface area contributed by atoms with Crippen LogP contribution in [0.2, 0.25) is 0 Å². The predicted molar refractivity (Wildman–Crippen MR) is 59.5 cm³/mol. The summed E-state index contributed by atoms with van der Waals surface area (Å²) in [6, 6.07) is 0.701. The number of thioether (sulfide) groups is 1. The van der Waals surface area contributed by atoms with Crippen LogP contribution < -0.4 is 5.32 Å².